The summed E-state index contributed by atoms with van der Waals surface area (Å²) in [7, 11) is 0. The minimum Gasteiger partial charge on any atom is -0.368 e. The molecule has 2 aliphatic rings. The third-order valence-electron chi connectivity index (χ3n) is 5.96. The molecule has 4 heterocycles. The molecule has 0 aliphatic carbocycles. The van der Waals surface area contributed by atoms with Gasteiger partial charge in [0.05, 0.1) is 16.4 Å². The van der Waals surface area contributed by atoms with Gasteiger partial charge in [0.15, 0.2) is 0 Å². The van der Waals surface area contributed by atoms with Crippen molar-refractivity contribution >= 4 is 50.8 Å². The Labute approximate surface area is 185 Å². The van der Waals surface area contributed by atoms with Gasteiger partial charge in [-0.2, -0.15) is 9.78 Å². The van der Waals surface area contributed by atoms with Crippen LogP contribution >= 0.6 is 11.3 Å². The van der Waals surface area contributed by atoms with Gasteiger partial charge < -0.3 is 16.0 Å². The predicted octanol–water partition coefficient (Wildman–Crippen LogP) is 1.94. The summed E-state index contributed by atoms with van der Waals surface area (Å²) in [6.45, 7) is -0.263. The Hall–Kier alpha value is -4.05. The summed E-state index contributed by atoms with van der Waals surface area (Å²) in [5.74, 6) is -0.901. The van der Waals surface area contributed by atoms with E-state index in [1.165, 1.54) is 16.2 Å². The number of hydrogen-bond acceptors (Lipinski definition) is 6. The molecule has 0 bridgehead atoms. The molecule has 3 amide bonds. The fourth-order valence-corrected chi connectivity index (χ4v) is 5.59. The zero-order valence-corrected chi connectivity index (χ0v) is 17.4. The monoisotopic (exact) mass is 444 g/mol. The van der Waals surface area contributed by atoms with Gasteiger partial charge in [-0.1, -0.05) is 41.7 Å². The van der Waals surface area contributed by atoms with Crippen LogP contribution in [0.3, 0.4) is 0 Å². The van der Waals surface area contributed by atoms with Crippen molar-refractivity contribution in [2.45, 2.75) is 11.8 Å². The van der Waals surface area contributed by atoms with Crippen molar-refractivity contribution in [3.63, 3.8) is 0 Å². The highest BCUT2D eigenvalue weighted by atomic mass is 32.1. The van der Waals surface area contributed by atoms with E-state index in [1.807, 2.05) is 36.4 Å². The van der Waals surface area contributed by atoms with Crippen LogP contribution in [0, 0.1) is 0 Å². The summed E-state index contributed by atoms with van der Waals surface area (Å²) in [5.41, 5.74) is 6.76. The number of carbonyl (C=O) groups excluding carboxylic acids is 3. The van der Waals surface area contributed by atoms with Crippen molar-refractivity contribution in [2.24, 2.45) is 5.73 Å². The summed E-state index contributed by atoms with van der Waals surface area (Å²) in [4.78, 5) is 44.3. The third-order valence-corrected chi connectivity index (χ3v) is 6.97. The van der Waals surface area contributed by atoms with E-state index in [0.29, 0.717) is 27.8 Å². The first-order valence-electron chi connectivity index (χ1n) is 9.93. The van der Waals surface area contributed by atoms with Crippen LogP contribution in [-0.4, -0.2) is 39.0 Å². The molecule has 2 aromatic heterocycles. The minimum absolute atomic E-state index is 0.0867. The summed E-state index contributed by atoms with van der Waals surface area (Å²) in [5, 5.41) is 7.95. The van der Waals surface area contributed by atoms with Crippen molar-refractivity contribution < 1.29 is 14.4 Å². The lowest BCUT2D eigenvalue weighted by atomic mass is 9.72. The second-order valence-corrected chi connectivity index (χ2v) is 8.80. The van der Waals surface area contributed by atoms with Crippen molar-refractivity contribution in [3.8, 4) is 5.13 Å². The Balaban J connectivity index is 1.57. The van der Waals surface area contributed by atoms with Gasteiger partial charge in [0.1, 0.15) is 17.8 Å². The Morgan fingerprint density at radius 3 is 2.72 bits per heavy atom. The zero-order valence-electron chi connectivity index (χ0n) is 16.6. The normalized spacial score (nSPS) is 19.3. The van der Waals surface area contributed by atoms with Crippen LogP contribution in [0.2, 0.25) is 0 Å². The maximum Gasteiger partial charge on any atom is 0.243 e. The van der Waals surface area contributed by atoms with Crippen LogP contribution in [0.5, 0.6) is 0 Å². The number of fused-ring (bicyclic) bond motifs is 5. The lowest BCUT2D eigenvalue weighted by molar-refractivity contribution is -0.127. The number of amides is 3. The highest BCUT2D eigenvalue weighted by molar-refractivity contribution is 7.20. The molecule has 158 valence electrons. The number of thiazole rings is 1. The summed E-state index contributed by atoms with van der Waals surface area (Å²) >= 11 is 1.44. The Kier molecular flexibility index (Phi) is 3.78. The maximum absolute atomic E-state index is 13.8. The predicted molar refractivity (Wildman–Crippen MR) is 119 cm³/mol. The van der Waals surface area contributed by atoms with Crippen LogP contribution in [0.15, 0.2) is 54.7 Å². The van der Waals surface area contributed by atoms with Crippen LogP contribution < -0.4 is 16.0 Å². The van der Waals surface area contributed by atoms with E-state index in [2.05, 4.69) is 15.4 Å². The number of primary amides is 1. The first-order valence-corrected chi connectivity index (χ1v) is 10.7. The van der Waals surface area contributed by atoms with Gasteiger partial charge in [0, 0.05) is 17.7 Å². The molecule has 9 nitrogen and oxygen atoms in total. The smallest absolute Gasteiger partial charge is 0.243 e. The van der Waals surface area contributed by atoms with Crippen molar-refractivity contribution in [1.82, 2.24) is 14.8 Å². The van der Waals surface area contributed by atoms with Crippen LogP contribution in [0.4, 0.5) is 11.5 Å². The molecule has 2 aliphatic heterocycles. The highest BCUT2D eigenvalue weighted by Gasteiger charge is 2.57. The molecule has 10 heteroatoms. The lowest BCUT2D eigenvalue weighted by Gasteiger charge is -2.32. The number of nitrogens with one attached hydrogen (secondary N) is 1. The number of nitrogens with zero attached hydrogens (tertiary/aromatic N) is 4. The van der Waals surface area contributed by atoms with E-state index < -0.39 is 11.3 Å². The SMILES string of the molecule is NC(=O)CN1C(=O)[C@]2(CC(=O)Nc3c2cnn3-c2nc3ccccc3s2)c2ccccc21. The molecule has 1 spiro atoms. The van der Waals surface area contributed by atoms with Crippen molar-refractivity contribution in [1.29, 1.82) is 0 Å². The Bertz CT molecular complexity index is 1420. The van der Waals surface area contributed by atoms with Gasteiger partial charge in [-0.25, -0.2) is 4.98 Å². The first kappa shape index (κ1) is 18.7. The van der Waals surface area contributed by atoms with Crippen molar-refractivity contribution in [2.75, 3.05) is 16.8 Å². The minimum atomic E-state index is -1.28. The fourth-order valence-electron chi connectivity index (χ4n) is 4.66. The second-order valence-electron chi connectivity index (χ2n) is 7.79. The number of benzene rings is 2. The van der Waals surface area contributed by atoms with Gasteiger partial charge in [0.2, 0.25) is 22.9 Å². The largest absolute Gasteiger partial charge is 0.368 e. The summed E-state index contributed by atoms with van der Waals surface area (Å²) in [6.07, 6.45) is 1.51. The van der Waals surface area contributed by atoms with E-state index in [1.54, 1.807) is 23.0 Å². The van der Waals surface area contributed by atoms with Gasteiger partial charge in [-0.15, -0.1) is 0 Å². The summed E-state index contributed by atoms with van der Waals surface area (Å²) < 4.78 is 2.55. The van der Waals surface area contributed by atoms with Gasteiger partial charge in [-0.3, -0.25) is 14.4 Å². The van der Waals surface area contributed by atoms with Crippen LogP contribution in [0.25, 0.3) is 15.3 Å². The van der Waals surface area contributed by atoms with Crippen molar-refractivity contribution in [3.05, 3.63) is 65.9 Å². The highest BCUT2D eigenvalue weighted by Crippen LogP contribution is 2.52. The lowest BCUT2D eigenvalue weighted by Crippen LogP contribution is -2.48. The second kappa shape index (κ2) is 6.47. The molecular weight excluding hydrogens is 428 g/mol. The number of carbonyl (C=O) groups is 3. The Morgan fingerprint density at radius 2 is 1.91 bits per heavy atom. The molecule has 0 fully saturated rings. The average Bonchev–Trinajstić information content (AvgIpc) is 3.44. The molecule has 6 rings (SSSR count). The van der Waals surface area contributed by atoms with E-state index in [0.717, 1.165) is 10.2 Å². The van der Waals surface area contributed by atoms with Gasteiger partial charge in [-0.05, 0) is 23.8 Å². The number of para-hydroxylation sites is 2. The number of nitrogens with two attached hydrogens (primary N) is 1. The number of aromatic nitrogens is 3. The molecular formula is C22H16N6O3S. The first-order chi connectivity index (χ1) is 15.5. The number of anilines is 2. The van der Waals surface area contributed by atoms with Crippen LogP contribution in [-0.2, 0) is 19.8 Å². The molecule has 0 unspecified atom stereocenters. The number of hydrogen-bond donors (Lipinski definition) is 2. The molecule has 32 heavy (non-hydrogen) atoms. The maximum atomic E-state index is 13.8. The molecule has 0 saturated carbocycles. The Morgan fingerprint density at radius 1 is 1.12 bits per heavy atom. The van der Waals surface area contributed by atoms with E-state index >= 15 is 0 Å². The number of rotatable bonds is 3. The third kappa shape index (κ3) is 2.41. The van der Waals surface area contributed by atoms with E-state index in [9.17, 15) is 14.4 Å². The molecule has 4 aromatic rings. The molecule has 3 N–H and O–H groups in total. The van der Waals surface area contributed by atoms with Crippen LogP contribution in [0.1, 0.15) is 17.5 Å². The standard InChI is InChI=1S/C22H16N6O3S/c23-17(29)11-27-15-7-3-1-5-12(15)22(20(27)31)9-18(30)26-19-13(22)10-24-28(19)21-25-14-6-2-4-8-16(14)32-21/h1-8,10H,9,11H2,(H2,23,29)(H,26,30)/t22-/m1/s1. The average molecular weight is 444 g/mol. The van der Waals surface area contributed by atoms with Gasteiger partial charge in [0.25, 0.3) is 0 Å². The molecule has 2 aromatic carbocycles. The van der Waals surface area contributed by atoms with E-state index in [4.69, 9.17) is 5.73 Å². The van der Waals surface area contributed by atoms with E-state index in [-0.39, 0.29) is 24.8 Å². The molecule has 0 saturated heterocycles. The fraction of sp³-hybridized carbons (Fsp3) is 0.136. The van der Waals surface area contributed by atoms with Gasteiger partial charge >= 0.3 is 0 Å². The quantitative estimate of drug-likeness (QED) is 0.500. The molecule has 1 atom stereocenters. The topological polar surface area (TPSA) is 123 Å². The molecule has 0 radical (unpaired) electrons. The summed E-state index contributed by atoms with van der Waals surface area (Å²) in [6, 6.07) is 14.9. The zero-order chi connectivity index (χ0) is 22.0.